The Bertz CT molecular complexity index is 464. The van der Waals surface area contributed by atoms with Gasteiger partial charge in [0.1, 0.15) is 0 Å². The van der Waals surface area contributed by atoms with Crippen LogP contribution in [0.15, 0.2) is 24.5 Å². The molecule has 0 radical (unpaired) electrons. The first kappa shape index (κ1) is 14.5. The molecule has 20 heavy (non-hydrogen) atoms. The van der Waals surface area contributed by atoms with E-state index in [1.165, 1.54) is 0 Å². The van der Waals surface area contributed by atoms with Gasteiger partial charge in [0.2, 0.25) is 11.8 Å². The van der Waals surface area contributed by atoms with Gasteiger partial charge in [-0.05, 0) is 18.1 Å². The molecule has 0 aromatic carbocycles. The van der Waals surface area contributed by atoms with Crippen LogP contribution in [0.4, 0.5) is 0 Å². The summed E-state index contributed by atoms with van der Waals surface area (Å²) in [5.41, 5.74) is 0.947. The van der Waals surface area contributed by atoms with E-state index in [4.69, 9.17) is 4.74 Å². The summed E-state index contributed by atoms with van der Waals surface area (Å²) < 4.78 is 4.85. The largest absolute Gasteiger partial charge is 0.383 e. The fourth-order valence-corrected chi connectivity index (χ4v) is 2.00. The summed E-state index contributed by atoms with van der Waals surface area (Å²) in [4.78, 5) is 27.6. The van der Waals surface area contributed by atoms with Crippen LogP contribution in [-0.2, 0) is 20.9 Å². The van der Waals surface area contributed by atoms with Crippen molar-refractivity contribution >= 4 is 11.8 Å². The molecule has 6 heteroatoms. The molecular weight excluding hydrogens is 258 g/mol. The molecule has 0 spiro atoms. The van der Waals surface area contributed by atoms with Crippen molar-refractivity contribution < 1.29 is 14.3 Å². The summed E-state index contributed by atoms with van der Waals surface area (Å²) in [6.45, 7) is 1.41. The summed E-state index contributed by atoms with van der Waals surface area (Å²) in [6, 6.07) is 3.72. The van der Waals surface area contributed by atoms with E-state index in [0.29, 0.717) is 26.1 Å². The lowest BCUT2D eigenvalue weighted by Gasteiger charge is -2.05. The number of rotatable bonds is 7. The molecule has 2 N–H and O–H groups in total. The average molecular weight is 277 g/mol. The van der Waals surface area contributed by atoms with Crippen molar-refractivity contribution in [1.82, 2.24) is 15.6 Å². The maximum Gasteiger partial charge on any atom is 0.224 e. The Morgan fingerprint density at radius 1 is 1.35 bits per heavy atom. The minimum atomic E-state index is -0.200. The lowest BCUT2D eigenvalue weighted by molar-refractivity contribution is -0.127. The van der Waals surface area contributed by atoms with Crippen LogP contribution < -0.4 is 10.6 Å². The highest BCUT2D eigenvalue weighted by molar-refractivity contribution is 5.92. The number of amides is 2. The fourth-order valence-electron chi connectivity index (χ4n) is 2.00. The first-order valence-electron chi connectivity index (χ1n) is 6.65. The van der Waals surface area contributed by atoms with E-state index in [2.05, 4.69) is 15.6 Å². The predicted octanol–water partition coefficient (Wildman–Crippen LogP) is 0.0965. The van der Waals surface area contributed by atoms with E-state index >= 15 is 0 Å². The monoisotopic (exact) mass is 277 g/mol. The Morgan fingerprint density at radius 2 is 2.10 bits per heavy atom. The number of pyridine rings is 1. The lowest BCUT2D eigenvalue weighted by atomic mass is 10.2. The minimum Gasteiger partial charge on any atom is -0.383 e. The Kier molecular flexibility index (Phi) is 5.06. The van der Waals surface area contributed by atoms with Gasteiger partial charge in [-0.15, -0.1) is 0 Å². The highest BCUT2D eigenvalue weighted by Crippen LogP contribution is 2.38. The number of hydrogen-bond donors (Lipinski definition) is 2. The van der Waals surface area contributed by atoms with E-state index in [1.54, 1.807) is 19.5 Å². The summed E-state index contributed by atoms with van der Waals surface area (Å²) in [7, 11) is 1.58. The van der Waals surface area contributed by atoms with E-state index in [0.717, 1.165) is 5.56 Å². The van der Waals surface area contributed by atoms with Gasteiger partial charge in [0.05, 0.1) is 18.4 Å². The summed E-state index contributed by atoms with van der Waals surface area (Å²) in [5, 5.41) is 5.58. The number of carbonyl (C=O) groups is 2. The number of ether oxygens (including phenoxy) is 1. The van der Waals surface area contributed by atoms with Crippen molar-refractivity contribution in [3.8, 4) is 0 Å². The molecule has 0 aliphatic heterocycles. The summed E-state index contributed by atoms with van der Waals surface area (Å²) >= 11 is 0. The maximum atomic E-state index is 11.9. The Hall–Kier alpha value is -1.95. The Labute approximate surface area is 117 Å². The second-order valence-corrected chi connectivity index (χ2v) is 4.81. The zero-order valence-corrected chi connectivity index (χ0v) is 11.5. The SMILES string of the molecule is COCCNC(=O)C1CC1C(=O)NCc1cccnc1. The highest BCUT2D eigenvalue weighted by Gasteiger charge is 2.47. The van der Waals surface area contributed by atoms with Crippen molar-refractivity contribution in [2.45, 2.75) is 13.0 Å². The molecule has 2 amide bonds. The van der Waals surface area contributed by atoms with Crippen LogP contribution >= 0.6 is 0 Å². The van der Waals surface area contributed by atoms with Gasteiger partial charge in [0.15, 0.2) is 0 Å². The third-order valence-corrected chi connectivity index (χ3v) is 3.26. The van der Waals surface area contributed by atoms with E-state index < -0.39 is 0 Å². The van der Waals surface area contributed by atoms with E-state index in [9.17, 15) is 9.59 Å². The summed E-state index contributed by atoms with van der Waals surface area (Å²) in [6.07, 6.45) is 4.02. The maximum absolute atomic E-state index is 11.9. The quantitative estimate of drug-likeness (QED) is 0.693. The molecule has 0 bridgehead atoms. The molecule has 2 rings (SSSR count). The van der Waals surface area contributed by atoms with Gasteiger partial charge in [-0.2, -0.15) is 0 Å². The van der Waals surface area contributed by atoms with Crippen molar-refractivity contribution in [1.29, 1.82) is 0 Å². The second kappa shape index (κ2) is 7.00. The molecule has 1 heterocycles. The number of hydrogen-bond acceptors (Lipinski definition) is 4. The second-order valence-electron chi connectivity index (χ2n) is 4.81. The highest BCUT2D eigenvalue weighted by atomic mass is 16.5. The molecule has 1 aromatic rings. The standard InChI is InChI=1S/C14H19N3O3/c1-20-6-5-16-13(18)11-7-12(11)14(19)17-9-10-3-2-4-15-8-10/h2-4,8,11-12H,5-7,9H2,1H3,(H,16,18)(H,17,19). The van der Waals surface area contributed by atoms with Crippen LogP contribution in [0.1, 0.15) is 12.0 Å². The number of nitrogens with zero attached hydrogens (tertiary/aromatic N) is 1. The molecule has 6 nitrogen and oxygen atoms in total. The van der Waals surface area contributed by atoms with E-state index in [1.807, 2.05) is 12.1 Å². The van der Waals surface area contributed by atoms with Crippen LogP contribution in [0.2, 0.25) is 0 Å². The first-order chi connectivity index (χ1) is 9.72. The normalized spacial score (nSPS) is 20.2. The molecule has 1 saturated carbocycles. The van der Waals surface area contributed by atoms with Crippen LogP contribution in [0.5, 0.6) is 0 Å². The van der Waals surface area contributed by atoms with Crippen molar-refractivity contribution in [3.05, 3.63) is 30.1 Å². The zero-order valence-electron chi connectivity index (χ0n) is 11.5. The van der Waals surface area contributed by atoms with Gasteiger partial charge in [-0.1, -0.05) is 6.07 Å². The topological polar surface area (TPSA) is 80.3 Å². The van der Waals surface area contributed by atoms with Crippen LogP contribution in [0.25, 0.3) is 0 Å². The smallest absolute Gasteiger partial charge is 0.224 e. The van der Waals surface area contributed by atoms with Gasteiger partial charge in [-0.25, -0.2) is 0 Å². The molecule has 1 aromatic heterocycles. The van der Waals surface area contributed by atoms with Gasteiger partial charge in [0.25, 0.3) is 0 Å². The van der Waals surface area contributed by atoms with Gasteiger partial charge < -0.3 is 15.4 Å². The number of aromatic nitrogens is 1. The van der Waals surface area contributed by atoms with Crippen LogP contribution in [0, 0.1) is 11.8 Å². The van der Waals surface area contributed by atoms with Crippen molar-refractivity contribution in [2.75, 3.05) is 20.3 Å². The molecular formula is C14H19N3O3. The Morgan fingerprint density at radius 3 is 2.75 bits per heavy atom. The molecule has 0 saturated heterocycles. The molecule has 2 atom stereocenters. The number of carbonyl (C=O) groups excluding carboxylic acids is 2. The third kappa shape index (κ3) is 4.03. The summed E-state index contributed by atoms with van der Waals surface area (Å²) in [5.74, 6) is -0.528. The van der Waals surface area contributed by atoms with Crippen molar-refractivity contribution in [2.24, 2.45) is 11.8 Å². The predicted molar refractivity (Wildman–Crippen MR) is 72.6 cm³/mol. The zero-order chi connectivity index (χ0) is 14.4. The molecule has 108 valence electrons. The van der Waals surface area contributed by atoms with Crippen LogP contribution in [-0.4, -0.2) is 37.1 Å². The van der Waals surface area contributed by atoms with Gasteiger partial charge >= 0.3 is 0 Å². The third-order valence-electron chi connectivity index (χ3n) is 3.26. The van der Waals surface area contributed by atoms with Gasteiger partial charge in [-0.3, -0.25) is 14.6 Å². The molecule has 2 unspecified atom stereocenters. The first-order valence-corrected chi connectivity index (χ1v) is 6.65. The van der Waals surface area contributed by atoms with Gasteiger partial charge in [0, 0.05) is 32.6 Å². The number of methoxy groups -OCH3 is 1. The Balaban J connectivity index is 1.69. The van der Waals surface area contributed by atoms with E-state index in [-0.39, 0.29) is 23.7 Å². The minimum absolute atomic E-state index is 0.0661. The van der Waals surface area contributed by atoms with Crippen LogP contribution in [0.3, 0.4) is 0 Å². The molecule has 1 aliphatic rings. The molecule has 1 fully saturated rings. The number of nitrogens with one attached hydrogen (secondary N) is 2. The average Bonchev–Trinajstić information content (AvgIpc) is 3.26. The lowest BCUT2D eigenvalue weighted by Crippen LogP contribution is -2.31. The molecule has 1 aliphatic carbocycles. The van der Waals surface area contributed by atoms with Crippen molar-refractivity contribution in [3.63, 3.8) is 0 Å². The fraction of sp³-hybridized carbons (Fsp3) is 0.500.